The standard InChI is InChI=1S/C26H21ClN4O3/c1-16-22(25-29-24(30-34-25)18-10-6-13-21(14-18)33-2)23(17-8-4-3-5-9-17)28-26(32)31(16)20-12-7-11-19(27)15-20/h3-15,23H,1-2H3,(H,28,32). The van der Waals surface area contributed by atoms with E-state index in [4.69, 9.17) is 20.9 Å². The Morgan fingerprint density at radius 3 is 2.59 bits per heavy atom. The first-order valence-electron chi connectivity index (χ1n) is 10.7. The van der Waals surface area contributed by atoms with E-state index in [1.165, 1.54) is 0 Å². The smallest absolute Gasteiger partial charge is 0.326 e. The van der Waals surface area contributed by atoms with Gasteiger partial charge in [-0.25, -0.2) is 4.79 Å². The van der Waals surface area contributed by atoms with E-state index in [1.807, 2.05) is 67.6 Å². The molecule has 2 amide bonds. The number of allylic oxidation sites excluding steroid dienone is 1. The van der Waals surface area contributed by atoms with E-state index in [2.05, 4.69) is 15.5 Å². The lowest BCUT2D eigenvalue weighted by atomic mass is 9.94. The Labute approximate surface area is 201 Å². The number of carbonyl (C=O) groups excluding carboxylic acids is 1. The van der Waals surface area contributed by atoms with Crippen LogP contribution in [0.4, 0.5) is 10.5 Å². The van der Waals surface area contributed by atoms with Crippen molar-refractivity contribution >= 4 is 28.9 Å². The maximum absolute atomic E-state index is 13.2. The highest BCUT2D eigenvalue weighted by Crippen LogP contribution is 2.39. The van der Waals surface area contributed by atoms with Crippen LogP contribution in [0.5, 0.6) is 5.75 Å². The summed E-state index contributed by atoms with van der Waals surface area (Å²) in [5.41, 5.74) is 3.67. The van der Waals surface area contributed by atoms with Gasteiger partial charge in [-0.3, -0.25) is 4.90 Å². The summed E-state index contributed by atoms with van der Waals surface area (Å²) in [6.45, 7) is 1.86. The van der Waals surface area contributed by atoms with Crippen LogP contribution in [0.3, 0.4) is 0 Å². The van der Waals surface area contributed by atoms with Crippen molar-refractivity contribution in [1.29, 1.82) is 0 Å². The Hall–Kier alpha value is -4.10. The van der Waals surface area contributed by atoms with Gasteiger partial charge in [-0.2, -0.15) is 4.98 Å². The van der Waals surface area contributed by atoms with Gasteiger partial charge in [-0.05, 0) is 42.8 Å². The predicted molar refractivity (Wildman–Crippen MR) is 131 cm³/mol. The molecule has 0 saturated heterocycles. The van der Waals surface area contributed by atoms with Crippen LogP contribution in [0.2, 0.25) is 5.02 Å². The van der Waals surface area contributed by atoms with Crippen LogP contribution < -0.4 is 15.0 Å². The minimum Gasteiger partial charge on any atom is -0.497 e. The van der Waals surface area contributed by atoms with E-state index in [0.29, 0.717) is 39.4 Å². The van der Waals surface area contributed by atoms with Gasteiger partial charge in [0.25, 0.3) is 5.89 Å². The molecular formula is C26H21ClN4O3. The molecule has 8 heteroatoms. The predicted octanol–water partition coefficient (Wildman–Crippen LogP) is 6.10. The molecule has 0 saturated carbocycles. The van der Waals surface area contributed by atoms with Crippen molar-refractivity contribution in [1.82, 2.24) is 15.5 Å². The van der Waals surface area contributed by atoms with Crippen LogP contribution in [0.25, 0.3) is 17.0 Å². The summed E-state index contributed by atoms with van der Waals surface area (Å²) in [4.78, 5) is 19.5. The van der Waals surface area contributed by atoms with Gasteiger partial charge in [0.1, 0.15) is 5.75 Å². The van der Waals surface area contributed by atoms with Crippen LogP contribution in [0.15, 0.2) is 89.1 Å². The molecule has 1 aliphatic rings. The molecule has 4 aromatic rings. The minimum atomic E-state index is -0.470. The Kier molecular flexibility index (Phi) is 5.77. The van der Waals surface area contributed by atoms with Crippen LogP contribution in [-0.2, 0) is 0 Å². The third-order valence-corrected chi connectivity index (χ3v) is 5.90. The SMILES string of the molecule is COc1cccc(-c2noc(C3=C(C)N(c4cccc(Cl)c4)C(=O)NC3c3ccccc3)n2)c1. The number of nitrogens with one attached hydrogen (secondary N) is 1. The number of halogens is 1. The topological polar surface area (TPSA) is 80.5 Å². The molecule has 0 fully saturated rings. The van der Waals surface area contributed by atoms with Gasteiger partial charge in [-0.1, -0.05) is 65.3 Å². The fraction of sp³-hybridized carbons (Fsp3) is 0.115. The molecule has 170 valence electrons. The maximum Gasteiger partial charge on any atom is 0.326 e. The zero-order chi connectivity index (χ0) is 23.7. The fourth-order valence-electron chi connectivity index (χ4n) is 4.05. The average molecular weight is 473 g/mol. The van der Waals surface area contributed by atoms with Crippen LogP contribution in [0, 0.1) is 0 Å². The Morgan fingerprint density at radius 2 is 1.82 bits per heavy atom. The van der Waals surface area contributed by atoms with E-state index < -0.39 is 6.04 Å². The molecule has 0 bridgehead atoms. The van der Waals surface area contributed by atoms with Crippen LogP contribution in [-0.4, -0.2) is 23.3 Å². The lowest BCUT2D eigenvalue weighted by molar-refractivity contribution is 0.244. The number of rotatable bonds is 5. The molecule has 3 aromatic carbocycles. The molecule has 1 aliphatic heterocycles. The molecule has 7 nitrogen and oxygen atoms in total. The van der Waals surface area contributed by atoms with Gasteiger partial charge < -0.3 is 14.6 Å². The summed E-state index contributed by atoms with van der Waals surface area (Å²) in [5, 5.41) is 7.82. The normalized spacial score (nSPS) is 15.9. The molecule has 0 aliphatic carbocycles. The number of aromatic nitrogens is 2. The van der Waals surface area contributed by atoms with Crippen LogP contribution in [0.1, 0.15) is 24.4 Å². The monoisotopic (exact) mass is 472 g/mol. The Bertz CT molecular complexity index is 1380. The second-order valence-electron chi connectivity index (χ2n) is 7.76. The highest BCUT2D eigenvalue weighted by atomic mass is 35.5. The second-order valence-corrected chi connectivity index (χ2v) is 8.20. The number of amides is 2. The summed E-state index contributed by atoms with van der Waals surface area (Å²) in [6, 6.07) is 23.5. The number of hydrogen-bond acceptors (Lipinski definition) is 5. The summed E-state index contributed by atoms with van der Waals surface area (Å²) in [6.07, 6.45) is 0. The van der Waals surface area contributed by atoms with E-state index in [1.54, 1.807) is 30.2 Å². The van der Waals surface area contributed by atoms with Crippen molar-refractivity contribution in [3.63, 3.8) is 0 Å². The summed E-state index contributed by atoms with van der Waals surface area (Å²) >= 11 is 6.21. The number of urea groups is 1. The quantitative estimate of drug-likeness (QED) is 0.379. The van der Waals surface area contributed by atoms with Gasteiger partial charge in [0.05, 0.1) is 24.4 Å². The van der Waals surface area contributed by atoms with Gasteiger partial charge in [0.2, 0.25) is 5.82 Å². The molecule has 0 spiro atoms. The van der Waals surface area contributed by atoms with Crippen molar-refractivity contribution in [2.24, 2.45) is 0 Å². The summed E-state index contributed by atoms with van der Waals surface area (Å²) in [5.74, 6) is 1.43. The number of carbonyl (C=O) groups is 1. The summed E-state index contributed by atoms with van der Waals surface area (Å²) < 4.78 is 11.0. The number of ether oxygens (including phenoxy) is 1. The van der Waals surface area contributed by atoms with Gasteiger partial charge >= 0.3 is 6.03 Å². The number of hydrogen-bond donors (Lipinski definition) is 1. The number of methoxy groups -OCH3 is 1. The zero-order valence-corrected chi connectivity index (χ0v) is 19.3. The van der Waals surface area contributed by atoms with Crippen molar-refractivity contribution < 1.29 is 14.1 Å². The first-order chi connectivity index (χ1) is 16.5. The van der Waals surface area contributed by atoms with E-state index >= 15 is 0 Å². The van der Waals surface area contributed by atoms with Crippen LogP contribution >= 0.6 is 11.6 Å². The van der Waals surface area contributed by atoms with Gasteiger partial charge in [-0.15, -0.1) is 0 Å². The summed E-state index contributed by atoms with van der Waals surface area (Å²) in [7, 11) is 1.61. The molecule has 34 heavy (non-hydrogen) atoms. The van der Waals surface area contributed by atoms with Crippen molar-refractivity contribution in [2.75, 3.05) is 12.0 Å². The van der Waals surface area contributed by atoms with Crippen molar-refractivity contribution in [2.45, 2.75) is 13.0 Å². The number of anilines is 1. The largest absolute Gasteiger partial charge is 0.497 e. The fourth-order valence-corrected chi connectivity index (χ4v) is 4.24. The highest BCUT2D eigenvalue weighted by molar-refractivity contribution is 6.31. The lowest BCUT2D eigenvalue weighted by Gasteiger charge is -2.35. The van der Waals surface area contributed by atoms with Gasteiger partial charge in [0, 0.05) is 16.3 Å². The Balaban J connectivity index is 1.65. The second kappa shape index (κ2) is 9.03. The molecular weight excluding hydrogens is 452 g/mol. The van der Waals surface area contributed by atoms with E-state index in [-0.39, 0.29) is 6.03 Å². The lowest BCUT2D eigenvalue weighted by Crippen LogP contribution is -2.46. The zero-order valence-electron chi connectivity index (χ0n) is 18.5. The molecule has 1 atom stereocenters. The number of nitrogens with zero attached hydrogens (tertiary/aromatic N) is 3. The van der Waals surface area contributed by atoms with E-state index in [9.17, 15) is 4.79 Å². The Morgan fingerprint density at radius 1 is 1.03 bits per heavy atom. The molecule has 0 radical (unpaired) electrons. The first-order valence-corrected chi connectivity index (χ1v) is 11.0. The molecule has 1 unspecified atom stereocenters. The molecule has 1 N–H and O–H groups in total. The average Bonchev–Trinajstić information content (AvgIpc) is 3.34. The molecule has 5 rings (SSSR count). The highest BCUT2D eigenvalue weighted by Gasteiger charge is 2.36. The maximum atomic E-state index is 13.2. The first kappa shape index (κ1) is 21.7. The molecule has 1 aromatic heterocycles. The third-order valence-electron chi connectivity index (χ3n) is 5.67. The van der Waals surface area contributed by atoms with Crippen molar-refractivity contribution in [3.8, 4) is 17.1 Å². The third kappa shape index (κ3) is 4.02. The number of benzene rings is 3. The van der Waals surface area contributed by atoms with Gasteiger partial charge in [0.15, 0.2) is 0 Å². The van der Waals surface area contributed by atoms with Crippen molar-refractivity contribution in [3.05, 3.63) is 101 Å². The molecule has 2 heterocycles. The van der Waals surface area contributed by atoms with E-state index in [0.717, 1.165) is 11.1 Å². The minimum absolute atomic E-state index is 0.273.